The number of aryl methyl sites for hydroxylation is 1. The molecule has 1 aliphatic rings. The van der Waals surface area contributed by atoms with Gasteiger partial charge in [0, 0.05) is 62.5 Å². The number of rotatable bonds is 8. The van der Waals surface area contributed by atoms with Crippen LogP contribution in [0.3, 0.4) is 0 Å². The van der Waals surface area contributed by atoms with Gasteiger partial charge in [0.15, 0.2) is 11.5 Å². The number of likely N-dealkylation sites (N-methyl/N-ethyl adjacent to an activating group) is 1. The SMILES string of the molecule is CN1CCN(Cc2ccc(-c3nc4nccc(-c5ccc(CCC(=O)c6noc(C(C)(C)C)n6)c(F)c5)c4[nH]3)nc2)CC1. The van der Waals surface area contributed by atoms with Crippen LogP contribution in [0.5, 0.6) is 0 Å². The second-order valence-electron chi connectivity index (χ2n) is 12.2. The summed E-state index contributed by atoms with van der Waals surface area (Å²) in [6.45, 7) is 10.9. The van der Waals surface area contributed by atoms with Gasteiger partial charge in [0.25, 0.3) is 0 Å². The topological polar surface area (TPSA) is 117 Å². The molecule has 0 saturated carbocycles. The van der Waals surface area contributed by atoms with Crippen LogP contribution in [0.25, 0.3) is 33.8 Å². The fraction of sp³-hybridized carbons (Fsp3) is 0.375. The number of carbonyl (C=O) groups excluding carboxylic acids is 1. The number of nitrogens with zero attached hydrogens (tertiary/aromatic N) is 7. The lowest BCUT2D eigenvalue weighted by Gasteiger charge is -2.32. The molecule has 1 aliphatic heterocycles. The van der Waals surface area contributed by atoms with E-state index in [1.165, 1.54) is 6.07 Å². The molecule has 43 heavy (non-hydrogen) atoms. The van der Waals surface area contributed by atoms with Crippen LogP contribution in [-0.2, 0) is 18.4 Å². The Morgan fingerprint density at radius 3 is 2.56 bits per heavy atom. The van der Waals surface area contributed by atoms with Crippen LogP contribution >= 0.6 is 0 Å². The van der Waals surface area contributed by atoms with Gasteiger partial charge in [-0.2, -0.15) is 4.98 Å². The fourth-order valence-corrected chi connectivity index (χ4v) is 5.11. The number of aromatic nitrogens is 6. The number of halogens is 1. The van der Waals surface area contributed by atoms with Gasteiger partial charge < -0.3 is 14.4 Å². The summed E-state index contributed by atoms with van der Waals surface area (Å²) in [6.07, 6.45) is 3.86. The number of aromatic amines is 1. The van der Waals surface area contributed by atoms with Gasteiger partial charge in [0.1, 0.15) is 11.5 Å². The number of ketones is 1. The molecule has 11 heteroatoms. The van der Waals surface area contributed by atoms with Crippen LogP contribution < -0.4 is 0 Å². The lowest BCUT2D eigenvalue weighted by molar-refractivity contribution is 0.0969. The van der Waals surface area contributed by atoms with Gasteiger partial charge in [-0.05, 0) is 48.4 Å². The van der Waals surface area contributed by atoms with Crippen molar-refractivity contribution in [3.63, 3.8) is 0 Å². The zero-order valence-corrected chi connectivity index (χ0v) is 24.9. The lowest BCUT2D eigenvalue weighted by atomic mass is 9.97. The van der Waals surface area contributed by atoms with E-state index in [0.29, 0.717) is 39.7 Å². The van der Waals surface area contributed by atoms with Crippen molar-refractivity contribution in [1.29, 1.82) is 0 Å². The molecule has 0 amide bonds. The van der Waals surface area contributed by atoms with E-state index < -0.39 is 5.82 Å². The molecule has 0 bridgehead atoms. The average molecular weight is 583 g/mol. The Balaban J connectivity index is 1.16. The molecule has 222 valence electrons. The third kappa shape index (κ3) is 6.37. The molecular formula is C32H35FN8O2. The Morgan fingerprint density at radius 1 is 1.05 bits per heavy atom. The normalized spacial score (nSPS) is 14.9. The molecule has 1 saturated heterocycles. The number of nitrogens with one attached hydrogen (secondary N) is 1. The van der Waals surface area contributed by atoms with Gasteiger partial charge in [-0.25, -0.2) is 14.4 Å². The first-order valence-corrected chi connectivity index (χ1v) is 14.5. The van der Waals surface area contributed by atoms with Crippen LogP contribution in [0.15, 0.2) is 53.3 Å². The summed E-state index contributed by atoms with van der Waals surface area (Å²) in [5, 5.41) is 3.80. The fourth-order valence-electron chi connectivity index (χ4n) is 5.11. The van der Waals surface area contributed by atoms with Crippen molar-refractivity contribution in [3.05, 3.63) is 77.5 Å². The highest BCUT2D eigenvalue weighted by atomic mass is 19.1. The highest BCUT2D eigenvalue weighted by Gasteiger charge is 2.24. The zero-order valence-electron chi connectivity index (χ0n) is 24.9. The molecule has 1 fully saturated rings. The number of pyridine rings is 2. The van der Waals surface area contributed by atoms with Gasteiger partial charge in [-0.1, -0.05) is 44.1 Å². The highest BCUT2D eigenvalue weighted by molar-refractivity contribution is 5.93. The minimum absolute atomic E-state index is 0.0235. The summed E-state index contributed by atoms with van der Waals surface area (Å²) in [4.78, 5) is 38.7. The molecule has 1 N–H and O–H groups in total. The summed E-state index contributed by atoms with van der Waals surface area (Å²) in [5.41, 5.74) is 4.65. The quantitative estimate of drug-likeness (QED) is 0.250. The minimum Gasteiger partial charge on any atom is -0.338 e. The van der Waals surface area contributed by atoms with Gasteiger partial charge >= 0.3 is 0 Å². The zero-order chi connectivity index (χ0) is 30.1. The molecule has 6 rings (SSSR count). The standard InChI is InChI=1S/C32H35FN8O2/c1-32(2,3)31-38-29(39-43-31)26(42)10-8-21-6-7-22(17-24(21)33)23-11-12-34-30-27(23)36-28(37-30)25-9-5-20(18-35-25)19-41-15-13-40(4)14-16-41/h5-7,9,11-12,17-18H,8,10,13-16,19H2,1-4H3,(H,34,36,37). The first kappa shape index (κ1) is 28.8. The third-order valence-corrected chi connectivity index (χ3v) is 7.76. The third-order valence-electron chi connectivity index (χ3n) is 7.76. The van der Waals surface area contributed by atoms with Crippen molar-refractivity contribution in [1.82, 2.24) is 39.9 Å². The highest BCUT2D eigenvalue weighted by Crippen LogP contribution is 2.30. The molecule has 0 atom stereocenters. The molecule has 0 aliphatic carbocycles. The number of carbonyl (C=O) groups is 1. The Hall–Kier alpha value is -4.35. The largest absolute Gasteiger partial charge is 0.338 e. The molecule has 4 aromatic heterocycles. The lowest BCUT2D eigenvalue weighted by Crippen LogP contribution is -2.43. The Labute approximate surface area is 249 Å². The summed E-state index contributed by atoms with van der Waals surface area (Å²) in [6, 6.07) is 10.9. The number of fused-ring (bicyclic) bond motifs is 1. The second kappa shape index (κ2) is 11.7. The number of benzene rings is 1. The number of Topliss-reactive ketones (excluding diaryl/α,β-unsaturated/α-hetero) is 1. The maximum absolute atomic E-state index is 15.2. The molecule has 5 aromatic rings. The second-order valence-corrected chi connectivity index (χ2v) is 12.2. The first-order valence-electron chi connectivity index (χ1n) is 14.5. The van der Waals surface area contributed by atoms with E-state index in [1.807, 2.05) is 45.2 Å². The van der Waals surface area contributed by atoms with E-state index in [2.05, 4.69) is 53.0 Å². The number of H-pyrrole nitrogens is 1. The number of imidazole rings is 1. The van der Waals surface area contributed by atoms with E-state index in [4.69, 9.17) is 4.52 Å². The Bertz CT molecular complexity index is 1750. The van der Waals surface area contributed by atoms with E-state index >= 15 is 4.39 Å². The summed E-state index contributed by atoms with van der Waals surface area (Å²) >= 11 is 0. The van der Waals surface area contributed by atoms with E-state index in [0.717, 1.165) is 43.9 Å². The van der Waals surface area contributed by atoms with Crippen molar-refractivity contribution in [2.75, 3.05) is 33.2 Å². The van der Waals surface area contributed by atoms with Crippen molar-refractivity contribution in [3.8, 4) is 22.6 Å². The average Bonchev–Trinajstić information content (AvgIpc) is 3.66. The van der Waals surface area contributed by atoms with Crippen LogP contribution in [0, 0.1) is 5.82 Å². The van der Waals surface area contributed by atoms with Crippen molar-refractivity contribution >= 4 is 16.9 Å². The molecule has 0 spiro atoms. The summed E-state index contributed by atoms with van der Waals surface area (Å²) in [5.74, 6) is 0.342. The van der Waals surface area contributed by atoms with Crippen molar-refractivity contribution in [2.45, 2.75) is 45.6 Å². The van der Waals surface area contributed by atoms with Gasteiger partial charge in [0.2, 0.25) is 17.5 Å². The predicted molar refractivity (Wildman–Crippen MR) is 161 cm³/mol. The maximum Gasteiger partial charge on any atom is 0.238 e. The van der Waals surface area contributed by atoms with E-state index in [1.54, 1.807) is 12.3 Å². The molecular weight excluding hydrogens is 547 g/mol. The van der Waals surface area contributed by atoms with Crippen LogP contribution in [-0.4, -0.2) is 78.9 Å². The molecule has 1 aromatic carbocycles. The number of hydrogen-bond acceptors (Lipinski definition) is 9. The molecule has 10 nitrogen and oxygen atoms in total. The van der Waals surface area contributed by atoms with Gasteiger partial charge in [-0.3, -0.25) is 14.7 Å². The van der Waals surface area contributed by atoms with E-state index in [9.17, 15) is 4.79 Å². The van der Waals surface area contributed by atoms with Crippen molar-refractivity contribution < 1.29 is 13.7 Å². The predicted octanol–water partition coefficient (Wildman–Crippen LogP) is 5.07. The Kier molecular flexibility index (Phi) is 7.85. The van der Waals surface area contributed by atoms with Crippen molar-refractivity contribution in [2.24, 2.45) is 0 Å². The first-order chi connectivity index (χ1) is 20.6. The minimum atomic E-state index is -0.393. The van der Waals surface area contributed by atoms with Crippen LogP contribution in [0.4, 0.5) is 4.39 Å². The monoisotopic (exact) mass is 582 g/mol. The van der Waals surface area contributed by atoms with Gasteiger partial charge in [-0.15, -0.1) is 0 Å². The summed E-state index contributed by atoms with van der Waals surface area (Å²) < 4.78 is 20.4. The smallest absolute Gasteiger partial charge is 0.238 e. The molecule has 0 radical (unpaired) electrons. The molecule has 5 heterocycles. The van der Waals surface area contributed by atoms with E-state index in [-0.39, 0.29) is 29.9 Å². The van der Waals surface area contributed by atoms with Gasteiger partial charge in [0.05, 0.1) is 5.52 Å². The molecule has 0 unspecified atom stereocenters. The van der Waals surface area contributed by atoms with Crippen LogP contribution in [0.1, 0.15) is 54.8 Å². The number of hydrogen-bond donors (Lipinski definition) is 1. The number of piperazine rings is 1. The maximum atomic E-state index is 15.2. The Morgan fingerprint density at radius 2 is 1.86 bits per heavy atom. The van der Waals surface area contributed by atoms with Crippen LogP contribution in [0.2, 0.25) is 0 Å². The summed E-state index contributed by atoms with van der Waals surface area (Å²) in [7, 11) is 2.15.